The number of hydrogen-bond acceptors (Lipinski definition) is 3. The van der Waals surface area contributed by atoms with E-state index < -0.39 is 39.2 Å². The van der Waals surface area contributed by atoms with E-state index in [2.05, 4.69) is 0 Å². The van der Waals surface area contributed by atoms with Gasteiger partial charge in [0.1, 0.15) is 4.90 Å². The van der Waals surface area contributed by atoms with Crippen LogP contribution >= 0.6 is 0 Å². The van der Waals surface area contributed by atoms with Crippen LogP contribution in [0, 0.1) is 11.6 Å². The van der Waals surface area contributed by atoms with Gasteiger partial charge in [-0.05, 0) is 25.0 Å². The van der Waals surface area contributed by atoms with Gasteiger partial charge in [0.15, 0.2) is 11.6 Å². The quantitative estimate of drug-likeness (QED) is 0.478. The van der Waals surface area contributed by atoms with Crippen LogP contribution in [0.2, 0.25) is 0 Å². The smallest absolute Gasteiger partial charge is 0.389 e. The Balaban J connectivity index is 2.67. The number of hydrogen-bond donors (Lipinski definition) is 2. The number of nitrogen functional groups attached to an aromatic ring is 1. The Morgan fingerprint density at radius 1 is 1.14 bits per heavy atom. The Hall–Kier alpha value is -1.42. The van der Waals surface area contributed by atoms with Gasteiger partial charge in [-0.25, -0.2) is 21.9 Å². The summed E-state index contributed by atoms with van der Waals surface area (Å²) in [5, 5.41) is 0. The average molecular weight is 332 g/mol. The average Bonchev–Trinajstić information content (AvgIpc) is 2.31. The molecule has 0 amide bonds. The topological polar surface area (TPSA) is 72.2 Å². The molecular weight excluding hydrogens is 319 g/mol. The summed E-state index contributed by atoms with van der Waals surface area (Å²) in [6, 6.07) is 1.36. The molecule has 0 aliphatic rings. The fourth-order valence-corrected chi connectivity index (χ4v) is 2.71. The number of sulfonamides is 1. The van der Waals surface area contributed by atoms with Crippen molar-refractivity contribution in [1.29, 1.82) is 0 Å². The van der Waals surface area contributed by atoms with Gasteiger partial charge in [0, 0.05) is 18.7 Å². The van der Waals surface area contributed by atoms with Gasteiger partial charge in [-0.2, -0.15) is 13.2 Å². The molecule has 0 aliphatic carbocycles. The molecule has 0 aliphatic heterocycles. The van der Waals surface area contributed by atoms with Crippen molar-refractivity contribution in [3.8, 4) is 0 Å². The number of unbranched alkanes of at least 4 members (excludes halogenated alkanes) is 1. The summed E-state index contributed by atoms with van der Waals surface area (Å²) in [6.07, 6.45) is -5.73. The van der Waals surface area contributed by atoms with E-state index in [4.69, 9.17) is 5.73 Å². The molecule has 0 heterocycles. The molecule has 3 N–H and O–H groups in total. The van der Waals surface area contributed by atoms with Crippen LogP contribution in [0.4, 0.5) is 27.6 Å². The molecule has 4 nitrogen and oxygen atoms in total. The molecule has 1 rings (SSSR count). The summed E-state index contributed by atoms with van der Waals surface area (Å²) in [5.41, 5.74) is 4.94. The standard InChI is InChI=1S/C11H13F5N2O2S/c12-8-5-7(17)6-9(10(8)13)21(19,20)18-4-2-1-3-11(14,15)16/h5-6,18H,1-4,17H2. The largest absolute Gasteiger partial charge is 0.399 e. The van der Waals surface area contributed by atoms with Crippen LogP contribution in [0.25, 0.3) is 0 Å². The minimum absolute atomic E-state index is 0.0921. The highest BCUT2D eigenvalue weighted by molar-refractivity contribution is 7.89. The van der Waals surface area contributed by atoms with Crippen LogP contribution in [0.5, 0.6) is 0 Å². The van der Waals surface area contributed by atoms with Crippen molar-refractivity contribution in [2.24, 2.45) is 0 Å². The molecule has 0 atom stereocenters. The van der Waals surface area contributed by atoms with Crippen LogP contribution in [-0.4, -0.2) is 21.1 Å². The summed E-state index contributed by atoms with van der Waals surface area (Å²) in [7, 11) is -4.38. The lowest BCUT2D eigenvalue weighted by Gasteiger charge is -2.09. The van der Waals surface area contributed by atoms with E-state index in [1.165, 1.54) is 0 Å². The van der Waals surface area contributed by atoms with Crippen molar-refractivity contribution in [3.05, 3.63) is 23.8 Å². The molecule has 1 aromatic rings. The molecule has 0 bridgehead atoms. The highest BCUT2D eigenvalue weighted by atomic mass is 32.2. The molecule has 10 heteroatoms. The number of nitrogens with two attached hydrogens (primary N) is 1. The van der Waals surface area contributed by atoms with Gasteiger partial charge >= 0.3 is 6.18 Å². The molecule has 21 heavy (non-hydrogen) atoms. The third kappa shape index (κ3) is 5.46. The van der Waals surface area contributed by atoms with Crippen molar-refractivity contribution in [1.82, 2.24) is 4.72 Å². The fraction of sp³-hybridized carbons (Fsp3) is 0.455. The molecule has 0 radical (unpaired) electrons. The number of nitrogens with one attached hydrogen (secondary N) is 1. The van der Waals surface area contributed by atoms with E-state index in [1.807, 2.05) is 4.72 Å². The molecular formula is C11H13F5N2O2S. The highest BCUT2D eigenvalue weighted by Crippen LogP contribution is 2.23. The fourth-order valence-electron chi connectivity index (χ4n) is 1.51. The van der Waals surface area contributed by atoms with E-state index in [0.717, 1.165) is 6.07 Å². The highest BCUT2D eigenvalue weighted by Gasteiger charge is 2.26. The Kier molecular flexibility index (Phi) is 5.51. The van der Waals surface area contributed by atoms with Gasteiger partial charge in [0.05, 0.1) is 0 Å². The molecule has 0 fully saturated rings. The maximum Gasteiger partial charge on any atom is 0.389 e. The van der Waals surface area contributed by atoms with Crippen LogP contribution in [0.3, 0.4) is 0 Å². The van der Waals surface area contributed by atoms with Crippen molar-refractivity contribution >= 4 is 15.7 Å². The summed E-state index contributed by atoms with van der Waals surface area (Å²) >= 11 is 0. The molecule has 1 aromatic carbocycles. The second kappa shape index (κ2) is 6.56. The van der Waals surface area contributed by atoms with Gasteiger partial charge in [-0.1, -0.05) is 0 Å². The third-order valence-corrected chi connectivity index (χ3v) is 3.95. The van der Waals surface area contributed by atoms with E-state index in [9.17, 15) is 30.4 Å². The lowest BCUT2D eigenvalue weighted by molar-refractivity contribution is -0.135. The molecule has 0 spiro atoms. The summed E-state index contributed by atoms with van der Waals surface area (Å²) in [6.45, 7) is -0.325. The van der Waals surface area contributed by atoms with Crippen LogP contribution in [0.15, 0.2) is 17.0 Å². The van der Waals surface area contributed by atoms with E-state index >= 15 is 0 Å². The lowest BCUT2D eigenvalue weighted by Crippen LogP contribution is -2.26. The van der Waals surface area contributed by atoms with E-state index in [1.54, 1.807) is 0 Å². The first-order chi connectivity index (χ1) is 9.53. The summed E-state index contributed by atoms with van der Waals surface area (Å²) in [4.78, 5) is -0.976. The van der Waals surface area contributed by atoms with Gasteiger partial charge < -0.3 is 5.73 Å². The number of halogens is 5. The summed E-state index contributed by atoms with van der Waals surface area (Å²) < 4.78 is 87.5. The second-order valence-electron chi connectivity index (χ2n) is 4.28. The van der Waals surface area contributed by atoms with Crippen LogP contribution in [0.1, 0.15) is 19.3 Å². The predicted molar refractivity (Wildman–Crippen MR) is 65.9 cm³/mol. The minimum atomic E-state index is -4.38. The maximum absolute atomic E-state index is 13.4. The van der Waals surface area contributed by atoms with Gasteiger partial charge in [0.25, 0.3) is 0 Å². The maximum atomic E-state index is 13.4. The molecule has 0 aromatic heterocycles. The van der Waals surface area contributed by atoms with Gasteiger partial charge in [-0.3, -0.25) is 0 Å². The van der Waals surface area contributed by atoms with Crippen LogP contribution < -0.4 is 10.5 Å². The zero-order valence-corrected chi connectivity index (χ0v) is 11.5. The number of anilines is 1. The van der Waals surface area contributed by atoms with Crippen molar-refractivity contribution in [2.45, 2.75) is 30.3 Å². The summed E-state index contributed by atoms with van der Waals surface area (Å²) in [5.74, 6) is -3.01. The normalized spacial score (nSPS) is 12.6. The Labute approximate surface area is 118 Å². The zero-order chi connectivity index (χ0) is 16.3. The molecule has 0 unspecified atom stereocenters. The predicted octanol–water partition coefficient (Wildman–Crippen LogP) is 2.56. The number of alkyl halides is 3. The molecule has 0 saturated carbocycles. The number of rotatable bonds is 6. The van der Waals surface area contributed by atoms with Crippen molar-refractivity contribution in [3.63, 3.8) is 0 Å². The van der Waals surface area contributed by atoms with Crippen molar-refractivity contribution in [2.75, 3.05) is 12.3 Å². The SMILES string of the molecule is Nc1cc(F)c(F)c(S(=O)(=O)NCCCCC(F)(F)F)c1. The Bertz CT molecular complexity index is 601. The van der Waals surface area contributed by atoms with Gasteiger partial charge in [0.2, 0.25) is 10.0 Å². The third-order valence-electron chi connectivity index (χ3n) is 2.49. The zero-order valence-electron chi connectivity index (χ0n) is 10.7. The first-order valence-electron chi connectivity index (χ1n) is 5.84. The first-order valence-corrected chi connectivity index (χ1v) is 7.32. The first kappa shape index (κ1) is 17.6. The molecule has 0 saturated heterocycles. The minimum Gasteiger partial charge on any atom is -0.399 e. The van der Waals surface area contributed by atoms with E-state index in [-0.39, 0.29) is 25.1 Å². The lowest BCUT2D eigenvalue weighted by atomic mass is 10.2. The Morgan fingerprint density at radius 3 is 2.33 bits per heavy atom. The Morgan fingerprint density at radius 2 is 1.76 bits per heavy atom. The van der Waals surface area contributed by atoms with Crippen molar-refractivity contribution < 1.29 is 30.4 Å². The van der Waals surface area contributed by atoms with Crippen LogP contribution in [-0.2, 0) is 10.0 Å². The number of benzene rings is 1. The monoisotopic (exact) mass is 332 g/mol. The van der Waals surface area contributed by atoms with E-state index in [0.29, 0.717) is 6.07 Å². The van der Waals surface area contributed by atoms with Gasteiger partial charge in [-0.15, -0.1) is 0 Å². The molecule has 120 valence electrons. The second-order valence-corrected chi connectivity index (χ2v) is 6.02.